The van der Waals surface area contributed by atoms with Gasteiger partial charge < -0.3 is 10.6 Å². The van der Waals surface area contributed by atoms with Gasteiger partial charge in [-0.25, -0.2) is 4.98 Å². The van der Waals surface area contributed by atoms with Gasteiger partial charge in [-0.2, -0.15) is 0 Å². The van der Waals surface area contributed by atoms with Crippen LogP contribution in [-0.4, -0.2) is 28.4 Å². The summed E-state index contributed by atoms with van der Waals surface area (Å²) in [5.41, 5.74) is 1.14. The van der Waals surface area contributed by atoms with Crippen LogP contribution < -0.4 is 10.6 Å². The summed E-state index contributed by atoms with van der Waals surface area (Å²) < 4.78 is 0. The van der Waals surface area contributed by atoms with Crippen LogP contribution in [-0.2, 0) is 4.79 Å². The van der Waals surface area contributed by atoms with Crippen molar-refractivity contribution in [3.63, 3.8) is 0 Å². The Morgan fingerprint density at radius 3 is 3.00 bits per heavy atom. The van der Waals surface area contributed by atoms with Gasteiger partial charge in [0.05, 0.1) is 4.92 Å². The van der Waals surface area contributed by atoms with Gasteiger partial charge >= 0.3 is 0 Å². The van der Waals surface area contributed by atoms with Gasteiger partial charge in [-0.1, -0.05) is 0 Å². The number of hydrogen-bond donors (Lipinski definition) is 2. The third-order valence-corrected chi connectivity index (χ3v) is 3.57. The molecule has 0 saturated carbocycles. The van der Waals surface area contributed by atoms with Crippen molar-refractivity contribution in [3.8, 4) is 0 Å². The van der Waals surface area contributed by atoms with Gasteiger partial charge in [0.25, 0.3) is 5.69 Å². The summed E-state index contributed by atoms with van der Waals surface area (Å²) in [6.07, 6.45) is 2.89. The summed E-state index contributed by atoms with van der Waals surface area (Å²) in [6.45, 7) is 0.591. The molecule has 3 rings (SSSR count). The maximum absolute atomic E-state index is 11.2. The van der Waals surface area contributed by atoms with Gasteiger partial charge in [0.15, 0.2) is 0 Å². The highest BCUT2D eigenvalue weighted by atomic mass is 16.6. The second-order valence-electron chi connectivity index (χ2n) is 4.97. The minimum Gasteiger partial charge on any atom is -0.382 e. The molecule has 1 saturated heterocycles. The molecule has 2 N–H and O–H groups in total. The lowest BCUT2D eigenvalue weighted by atomic mass is 10.1. The summed E-state index contributed by atoms with van der Waals surface area (Å²) in [5, 5.41) is 17.8. The molecule has 1 aromatic carbocycles. The number of carbonyl (C=O) groups excluding carboxylic acids is 1. The Balaban J connectivity index is 1.87. The number of benzene rings is 1. The van der Waals surface area contributed by atoms with Crippen LogP contribution in [0.25, 0.3) is 10.9 Å². The Bertz CT molecular complexity index is 716. The van der Waals surface area contributed by atoms with E-state index in [-0.39, 0.29) is 17.6 Å². The molecule has 7 heteroatoms. The van der Waals surface area contributed by atoms with Crippen LogP contribution in [0.1, 0.15) is 12.8 Å². The Morgan fingerprint density at radius 2 is 2.29 bits per heavy atom. The molecule has 1 unspecified atom stereocenters. The first kappa shape index (κ1) is 13.3. The number of nitrogens with one attached hydrogen (secondary N) is 2. The van der Waals surface area contributed by atoms with Crippen LogP contribution in [0.15, 0.2) is 30.5 Å². The van der Waals surface area contributed by atoms with E-state index < -0.39 is 4.92 Å². The van der Waals surface area contributed by atoms with Crippen molar-refractivity contribution in [2.24, 2.45) is 0 Å². The van der Waals surface area contributed by atoms with Crippen LogP contribution in [0.5, 0.6) is 0 Å². The van der Waals surface area contributed by atoms with E-state index in [9.17, 15) is 14.9 Å². The van der Waals surface area contributed by atoms with Crippen molar-refractivity contribution in [2.45, 2.75) is 18.9 Å². The summed E-state index contributed by atoms with van der Waals surface area (Å²) in [6, 6.07) is 6.77. The first-order chi connectivity index (χ1) is 10.1. The van der Waals surface area contributed by atoms with E-state index in [1.54, 1.807) is 18.2 Å². The molecule has 0 bridgehead atoms. The van der Waals surface area contributed by atoms with Gasteiger partial charge in [0.1, 0.15) is 5.52 Å². The molecule has 0 aliphatic carbocycles. The predicted octanol–water partition coefficient (Wildman–Crippen LogP) is 1.83. The standard InChI is InChI=1S/C14H14N4O3/c19-13-6-3-9(17-13)8-16-11-4-5-12(18(20)21)14-10(11)2-1-7-15-14/h1-2,4-5,7,9,16H,3,6,8H2,(H,17,19). The number of non-ortho nitro benzene ring substituents is 1. The van der Waals surface area contributed by atoms with Gasteiger partial charge in [-0.05, 0) is 24.6 Å². The maximum Gasteiger partial charge on any atom is 0.295 e. The average molecular weight is 286 g/mol. The lowest BCUT2D eigenvalue weighted by molar-refractivity contribution is -0.383. The number of rotatable bonds is 4. The third kappa shape index (κ3) is 2.62. The second-order valence-corrected chi connectivity index (χ2v) is 4.97. The number of carbonyl (C=O) groups is 1. The molecule has 0 radical (unpaired) electrons. The quantitative estimate of drug-likeness (QED) is 0.660. The van der Waals surface area contributed by atoms with Crippen LogP contribution in [0.4, 0.5) is 11.4 Å². The fourth-order valence-electron chi connectivity index (χ4n) is 2.52. The molecular weight excluding hydrogens is 272 g/mol. The zero-order chi connectivity index (χ0) is 14.8. The van der Waals surface area contributed by atoms with Crippen molar-refractivity contribution in [3.05, 3.63) is 40.6 Å². The number of nitro benzene ring substituents is 1. The minimum atomic E-state index is -0.434. The van der Waals surface area contributed by atoms with Gasteiger partial charge in [-0.3, -0.25) is 14.9 Å². The van der Waals surface area contributed by atoms with E-state index in [1.165, 1.54) is 12.3 Å². The Hall–Kier alpha value is -2.70. The molecule has 108 valence electrons. The number of fused-ring (bicyclic) bond motifs is 1. The number of nitro groups is 1. The van der Waals surface area contributed by atoms with Gasteiger partial charge in [0.2, 0.25) is 5.91 Å². The number of nitrogens with zero attached hydrogens (tertiary/aromatic N) is 2. The van der Waals surface area contributed by atoms with Crippen molar-refractivity contribution in [2.75, 3.05) is 11.9 Å². The monoisotopic (exact) mass is 286 g/mol. The maximum atomic E-state index is 11.2. The second kappa shape index (κ2) is 5.35. The molecular formula is C14H14N4O3. The predicted molar refractivity (Wildman–Crippen MR) is 78.1 cm³/mol. The lowest BCUT2D eigenvalue weighted by Crippen LogP contribution is -2.31. The zero-order valence-corrected chi connectivity index (χ0v) is 11.2. The van der Waals surface area contributed by atoms with Crippen LogP contribution in [0.2, 0.25) is 0 Å². The summed E-state index contributed by atoms with van der Waals surface area (Å²) in [4.78, 5) is 25.9. The van der Waals surface area contributed by atoms with Crippen molar-refractivity contribution in [1.29, 1.82) is 0 Å². The molecule has 1 fully saturated rings. The Kier molecular flexibility index (Phi) is 3.39. The normalized spacial score (nSPS) is 17.7. The third-order valence-electron chi connectivity index (χ3n) is 3.57. The highest BCUT2D eigenvalue weighted by Crippen LogP contribution is 2.29. The van der Waals surface area contributed by atoms with Gasteiger partial charge in [0, 0.05) is 42.3 Å². The average Bonchev–Trinajstić information content (AvgIpc) is 2.90. The smallest absolute Gasteiger partial charge is 0.295 e. The van der Waals surface area contributed by atoms with Crippen molar-refractivity contribution >= 4 is 28.2 Å². The minimum absolute atomic E-state index is 0.00896. The topological polar surface area (TPSA) is 97.2 Å². The fourth-order valence-corrected chi connectivity index (χ4v) is 2.52. The Labute approximate surface area is 120 Å². The van der Waals surface area contributed by atoms with Crippen LogP contribution in [0.3, 0.4) is 0 Å². The molecule has 1 aliphatic heterocycles. The largest absolute Gasteiger partial charge is 0.382 e. The van der Waals surface area contributed by atoms with E-state index in [4.69, 9.17) is 0 Å². The van der Waals surface area contributed by atoms with E-state index in [0.29, 0.717) is 23.9 Å². The van der Waals surface area contributed by atoms with Gasteiger partial charge in [-0.15, -0.1) is 0 Å². The number of anilines is 1. The molecule has 7 nitrogen and oxygen atoms in total. The summed E-state index contributed by atoms with van der Waals surface area (Å²) in [7, 11) is 0. The molecule has 1 aromatic heterocycles. The lowest BCUT2D eigenvalue weighted by Gasteiger charge is -2.14. The zero-order valence-electron chi connectivity index (χ0n) is 11.2. The number of pyridine rings is 1. The molecule has 1 aliphatic rings. The van der Waals surface area contributed by atoms with Crippen molar-refractivity contribution < 1.29 is 9.72 Å². The number of aromatic nitrogens is 1. The molecule has 0 spiro atoms. The SMILES string of the molecule is O=C1CCC(CNc2ccc([N+](=O)[O-])c3ncccc23)N1. The van der Waals surface area contributed by atoms with Crippen molar-refractivity contribution in [1.82, 2.24) is 10.3 Å². The molecule has 2 aromatic rings. The summed E-state index contributed by atoms with van der Waals surface area (Å²) >= 11 is 0. The first-order valence-electron chi connectivity index (χ1n) is 6.70. The highest BCUT2D eigenvalue weighted by molar-refractivity contribution is 5.96. The van der Waals surface area contributed by atoms with E-state index in [0.717, 1.165) is 12.1 Å². The Morgan fingerprint density at radius 1 is 1.43 bits per heavy atom. The molecule has 1 amide bonds. The summed E-state index contributed by atoms with van der Waals surface area (Å²) in [5.74, 6) is 0.0667. The van der Waals surface area contributed by atoms with E-state index in [1.807, 2.05) is 0 Å². The highest BCUT2D eigenvalue weighted by Gasteiger charge is 2.21. The van der Waals surface area contributed by atoms with E-state index in [2.05, 4.69) is 15.6 Å². The van der Waals surface area contributed by atoms with Crippen LogP contribution >= 0.6 is 0 Å². The molecule has 1 atom stereocenters. The molecule has 21 heavy (non-hydrogen) atoms. The van der Waals surface area contributed by atoms with E-state index >= 15 is 0 Å². The number of amides is 1. The molecule has 2 heterocycles. The van der Waals surface area contributed by atoms with Crippen LogP contribution in [0, 0.1) is 10.1 Å². The fraction of sp³-hybridized carbons (Fsp3) is 0.286. The first-order valence-corrected chi connectivity index (χ1v) is 6.70. The number of hydrogen-bond acceptors (Lipinski definition) is 5.